The van der Waals surface area contributed by atoms with Gasteiger partial charge in [-0.25, -0.2) is 0 Å². The van der Waals surface area contributed by atoms with E-state index in [1.54, 1.807) is 6.92 Å². The molecule has 0 saturated heterocycles. The Morgan fingerprint density at radius 1 is 1.50 bits per heavy atom. The predicted molar refractivity (Wildman–Crippen MR) is 73.3 cm³/mol. The van der Waals surface area contributed by atoms with Crippen LogP contribution in [-0.4, -0.2) is 42.1 Å². The van der Waals surface area contributed by atoms with E-state index in [9.17, 15) is 4.79 Å². The Kier molecular flexibility index (Phi) is 5.17. The first-order valence-corrected chi connectivity index (χ1v) is 7.03. The molecule has 18 heavy (non-hydrogen) atoms. The Labute approximate surface area is 111 Å². The summed E-state index contributed by atoms with van der Waals surface area (Å²) < 4.78 is 5.72. The number of ether oxygens (including phenoxy) is 1. The summed E-state index contributed by atoms with van der Waals surface area (Å²) in [6.07, 6.45) is 2.15. The van der Waals surface area contributed by atoms with E-state index < -0.39 is 6.04 Å². The molecule has 0 spiro atoms. The number of hydrogen-bond acceptors (Lipinski definition) is 3. The third-order valence-electron chi connectivity index (χ3n) is 4.01. The highest BCUT2D eigenvalue weighted by Crippen LogP contribution is 2.46. The van der Waals surface area contributed by atoms with Gasteiger partial charge < -0.3 is 15.4 Å². The summed E-state index contributed by atoms with van der Waals surface area (Å²) in [4.78, 5) is 14.1. The summed E-state index contributed by atoms with van der Waals surface area (Å²) in [6.45, 7) is 11.7. The van der Waals surface area contributed by atoms with Crippen molar-refractivity contribution in [2.45, 2.75) is 65.6 Å². The minimum atomic E-state index is -0.418. The van der Waals surface area contributed by atoms with Crippen LogP contribution in [0.3, 0.4) is 0 Å². The largest absolute Gasteiger partial charge is 0.378 e. The maximum Gasteiger partial charge on any atom is 0.239 e. The van der Waals surface area contributed by atoms with Gasteiger partial charge in [0.05, 0.1) is 12.1 Å². The topological polar surface area (TPSA) is 55.6 Å². The van der Waals surface area contributed by atoms with Crippen LogP contribution < -0.4 is 5.73 Å². The average Bonchev–Trinajstić information content (AvgIpc) is 2.31. The van der Waals surface area contributed by atoms with Gasteiger partial charge in [-0.3, -0.25) is 4.79 Å². The van der Waals surface area contributed by atoms with Crippen molar-refractivity contribution in [1.82, 2.24) is 4.90 Å². The zero-order chi connectivity index (χ0) is 13.9. The average molecular weight is 256 g/mol. The number of hydrogen-bond donors (Lipinski definition) is 1. The van der Waals surface area contributed by atoms with Crippen LogP contribution in [-0.2, 0) is 9.53 Å². The lowest BCUT2D eigenvalue weighted by molar-refractivity contribution is -0.168. The van der Waals surface area contributed by atoms with Crippen molar-refractivity contribution in [2.75, 3.05) is 13.2 Å². The lowest BCUT2D eigenvalue weighted by atomic mass is 9.63. The van der Waals surface area contributed by atoms with Crippen molar-refractivity contribution in [1.29, 1.82) is 0 Å². The van der Waals surface area contributed by atoms with Gasteiger partial charge in [-0.2, -0.15) is 0 Å². The number of nitrogens with two attached hydrogens (primary N) is 1. The van der Waals surface area contributed by atoms with E-state index >= 15 is 0 Å². The van der Waals surface area contributed by atoms with E-state index in [-0.39, 0.29) is 23.5 Å². The van der Waals surface area contributed by atoms with Crippen LogP contribution in [0.1, 0.15) is 47.5 Å². The molecule has 0 aromatic heterocycles. The molecular formula is C14H28N2O2. The summed E-state index contributed by atoms with van der Waals surface area (Å²) in [7, 11) is 0. The summed E-state index contributed by atoms with van der Waals surface area (Å²) >= 11 is 0. The number of rotatable bonds is 6. The molecule has 1 aliphatic carbocycles. The molecule has 1 fully saturated rings. The number of carbonyl (C=O) groups is 1. The minimum absolute atomic E-state index is 0.0235. The molecule has 2 N–H and O–H groups in total. The van der Waals surface area contributed by atoms with Crippen molar-refractivity contribution in [3.63, 3.8) is 0 Å². The Morgan fingerprint density at radius 3 is 2.50 bits per heavy atom. The lowest BCUT2D eigenvalue weighted by Gasteiger charge is -2.56. The normalized spacial score (nSPS) is 27.4. The fourth-order valence-electron chi connectivity index (χ4n) is 2.80. The number of carbonyl (C=O) groups excluding carboxylic acids is 1. The van der Waals surface area contributed by atoms with Crippen LogP contribution in [0, 0.1) is 5.41 Å². The van der Waals surface area contributed by atoms with E-state index in [1.807, 2.05) is 11.8 Å². The zero-order valence-electron chi connectivity index (χ0n) is 12.4. The van der Waals surface area contributed by atoms with Gasteiger partial charge in [0, 0.05) is 24.6 Å². The van der Waals surface area contributed by atoms with Crippen LogP contribution in [0.5, 0.6) is 0 Å². The van der Waals surface area contributed by atoms with E-state index in [1.165, 1.54) is 0 Å². The van der Waals surface area contributed by atoms with Gasteiger partial charge in [0.15, 0.2) is 0 Å². The van der Waals surface area contributed by atoms with Gasteiger partial charge in [-0.15, -0.1) is 0 Å². The monoisotopic (exact) mass is 256 g/mol. The summed E-state index contributed by atoms with van der Waals surface area (Å²) in [5, 5.41) is 0. The molecule has 1 saturated carbocycles. The van der Waals surface area contributed by atoms with Gasteiger partial charge in [-0.1, -0.05) is 20.8 Å². The van der Waals surface area contributed by atoms with Crippen molar-refractivity contribution < 1.29 is 9.53 Å². The maximum absolute atomic E-state index is 12.2. The first-order chi connectivity index (χ1) is 8.36. The Hall–Kier alpha value is -0.610. The first kappa shape index (κ1) is 15.4. The maximum atomic E-state index is 12.2. The summed E-state index contributed by atoms with van der Waals surface area (Å²) in [6, 6.07) is -0.161. The Bertz CT molecular complexity index is 290. The second-order valence-corrected chi connectivity index (χ2v) is 5.84. The van der Waals surface area contributed by atoms with Crippen LogP contribution in [0.25, 0.3) is 0 Å². The van der Waals surface area contributed by atoms with Gasteiger partial charge in [-0.05, 0) is 26.7 Å². The lowest BCUT2D eigenvalue weighted by Crippen LogP contribution is -2.65. The Balaban J connectivity index is 2.74. The van der Waals surface area contributed by atoms with E-state index in [0.717, 1.165) is 26.0 Å². The molecule has 1 rings (SSSR count). The van der Waals surface area contributed by atoms with Crippen molar-refractivity contribution in [3.05, 3.63) is 0 Å². The standard InChI is InChI=1S/C14H28N2O2/c1-6-8-16(13(17)10(3)15)11-9-12(18-7-2)14(11,4)5/h10-12H,6-9,15H2,1-5H3/t10-,11?,12?/m0/s1. The third kappa shape index (κ3) is 2.86. The van der Waals surface area contributed by atoms with Crippen molar-refractivity contribution in [2.24, 2.45) is 11.1 Å². The number of nitrogens with zero attached hydrogens (tertiary/aromatic N) is 1. The SMILES string of the molecule is CCCN(C(=O)[C@H](C)N)C1CC(OCC)C1(C)C. The molecule has 1 aliphatic rings. The molecule has 106 valence electrons. The van der Waals surface area contributed by atoms with Crippen molar-refractivity contribution >= 4 is 5.91 Å². The number of amides is 1. The van der Waals surface area contributed by atoms with Gasteiger partial charge in [0.25, 0.3) is 0 Å². The summed E-state index contributed by atoms with van der Waals surface area (Å²) in [5.41, 5.74) is 5.77. The highest BCUT2D eigenvalue weighted by atomic mass is 16.5. The highest BCUT2D eigenvalue weighted by Gasteiger charge is 2.52. The van der Waals surface area contributed by atoms with Crippen LogP contribution >= 0.6 is 0 Å². The molecule has 0 heterocycles. The second-order valence-electron chi connectivity index (χ2n) is 5.84. The molecule has 0 aromatic rings. The van der Waals surface area contributed by atoms with E-state index in [0.29, 0.717) is 0 Å². The quantitative estimate of drug-likeness (QED) is 0.788. The first-order valence-electron chi connectivity index (χ1n) is 7.03. The van der Waals surface area contributed by atoms with E-state index in [4.69, 9.17) is 10.5 Å². The molecular weight excluding hydrogens is 228 g/mol. The molecule has 1 amide bonds. The third-order valence-corrected chi connectivity index (χ3v) is 4.01. The smallest absolute Gasteiger partial charge is 0.239 e. The van der Waals surface area contributed by atoms with Gasteiger partial charge in [0.2, 0.25) is 5.91 Å². The molecule has 0 aromatic carbocycles. The van der Waals surface area contributed by atoms with Crippen LogP contribution in [0.2, 0.25) is 0 Å². The second kappa shape index (κ2) is 6.02. The molecule has 3 atom stereocenters. The predicted octanol–water partition coefficient (Wildman–Crippen LogP) is 1.78. The minimum Gasteiger partial charge on any atom is -0.378 e. The van der Waals surface area contributed by atoms with Crippen LogP contribution in [0.15, 0.2) is 0 Å². The van der Waals surface area contributed by atoms with Gasteiger partial charge >= 0.3 is 0 Å². The van der Waals surface area contributed by atoms with Crippen LogP contribution in [0.4, 0.5) is 0 Å². The van der Waals surface area contributed by atoms with Crippen molar-refractivity contribution in [3.8, 4) is 0 Å². The Morgan fingerprint density at radius 2 is 2.11 bits per heavy atom. The zero-order valence-corrected chi connectivity index (χ0v) is 12.4. The fraction of sp³-hybridized carbons (Fsp3) is 0.929. The molecule has 4 heteroatoms. The molecule has 4 nitrogen and oxygen atoms in total. The fourth-order valence-corrected chi connectivity index (χ4v) is 2.80. The highest BCUT2D eigenvalue weighted by molar-refractivity contribution is 5.81. The molecule has 0 bridgehead atoms. The van der Waals surface area contributed by atoms with E-state index in [2.05, 4.69) is 20.8 Å². The molecule has 0 aliphatic heterocycles. The summed E-state index contributed by atoms with van der Waals surface area (Å²) in [5.74, 6) is 0.0601. The molecule has 2 unspecified atom stereocenters. The molecule has 0 radical (unpaired) electrons. The van der Waals surface area contributed by atoms with Gasteiger partial charge in [0.1, 0.15) is 0 Å².